The summed E-state index contributed by atoms with van der Waals surface area (Å²) in [6, 6.07) is 5.29. The highest BCUT2D eigenvalue weighted by Crippen LogP contribution is 2.30. The zero-order valence-electron chi connectivity index (χ0n) is 16.5. The van der Waals surface area contributed by atoms with Crippen LogP contribution in [0.4, 0.5) is 0 Å². The average molecular weight is 385 g/mol. The van der Waals surface area contributed by atoms with Gasteiger partial charge in [-0.3, -0.25) is 9.59 Å². The van der Waals surface area contributed by atoms with E-state index < -0.39 is 0 Å². The summed E-state index contributed by atoms with van der Waals surface area (Å²) in [7, 11) is 0. The number of aryl methyl sites for hydroxylation is 1. The van der Waals surface area contributed by atoms with Crippen LogP contribution in [0.3, 0.4) is 0 Å². The van der Waals surface area contributed by atoms with Crippen LogP contribution in [0, 0.1) is 6.92 Å². The number of fused-ring (bicyclic) bond motifs is 1. The molecule has 2 aliphatic heterocycles. The average Bonchev–Trinajstić information content (AvgIpc) is 3.13. The Bertz CT molecular complexity index is 913. The Hall–Kier alpha value is -2.48. The van der Waals surface area contributed by atoms with Gasteiger partial charge in [0.25, 0.3) is 5.56 Å². The molecule has 0 N–H and O–H groups in total. The lowest BCUT2D eigenvalue weighted by Gasteiger charge is -2.34. The van der Waals surface area contributed by atoms with E-state index in [0.717, 1.165) is 43.4 Å². The number of nitrogens with zero attached hydrogens (tertiary/aromatic N) is 5. The van der Waals surface area contributed by atoms with E-state index in [2.05, 4.69) is 21.7 Å². The fourth-order valence-electron chi connectivity index (χ4n) is 4.26. The van der Waals surface area contributed by atoms with Crippen molar-refractivity contribution in [2.24, 2.45) is 0 Å². The molecule has 0 saturated carbocycles. The molecule has 2 aromatic heterocycles. The van der Waals surface area contributed by atoms with Gasteiger partial charge in [0.05, 0.1) is 12.6 Å². The second-order valence-corrected chi connectivity index (χ2v) is 7.76. The minimum Gasteiger partial charge on any atom is -0.381 e. The Morgan fingerprint density at radius 1 is 1.25 bits per heavy atom. The summed E-state index contributed by atoms with van der Waals surface area (Å²) in [4.78, 5) is 26.6. The van der Waals surface area contributed by atoms with Crippen LogP contribution in [-0.2, 0) is 22.6 Å². The van der Waals surface area contributed by atoms with Gasteiger partial charge in [0, 0.05) is 50.4 Å². The minimum absolute atomic E-state index is 0.0452. The largest absolute Gasteiger partial charge is 0.381 e. The minimum atomic E-state index is -0.0688. The van der Waals surface area contributed by atoms with Gasteiger partial charge in [0.15, 0.2) is 5.82 Å². The summed E-state index contributed by atoms with van der Waals surface area (Å²) in [6.07, 6.45) is 2.25. The number of ether oxygens (including phenoxy) is 1. The normalized spacial score (nSPS) is 20.2. The number of aromatic nitrogens is 4. The Morgan fingerprint density at radius 2 is 2.04 bits per heavy atom. The van der Waals surface area contributed by atoms with Crippen molar-refractivity contribution < 1.29 is 9.53 Å². The van der Waals surface area contributed by atoms with Crippen LogP contribution in [0.5, 0.6) is 0 Å². The van der Waals surface area contributed by atoms with Gasteiger partial charge in [0.1, 0.15) is 5.82 Å². The Morgan fingerprint density at radius 3 is 2.79 bits per heavy atom. The summed E-state index contributed by atoms with van der Waals surface area (Å²) in [5.41, 5.74) is 0.800. The van der Waals surface area contributed by atoms with E-state index in [4.69, 9.17) is 4.74 Å². The van der Waals surface area contributed by atoms with Gasteiger partial charge in [0.2, 0.25) is 5.91 Å². The zero-order valence-corrected chi connectivity index (χ0v) is 16.5. The van der Waals surface area contributed by atoms with Crippen molar-refractivity contribution in [2.75, 3.05) is 19.8 Å². The summed E-state index contributed by atoms with van der Waals surface area (Å²) < 4.78 is 9.33. The van der Waals surface area contributed by atoms with Gasteiger partial charge in [-0.05, 0) is 32.8 Å². The van der Waals surface area contributed by atoms with E-state index in [0.29, 0.717) is 32.0 Å². The van der Waals surface area contributed by atoms with Crippen molar-refractivity contribution >= 4 is 5.91 Å². The van der Waals surface area contributed by atoms with E-state index in [-0.39, 0.29) is 17.5 Å². The molecule has 4 rings (SSSR count). The van der Waals surface area contributed by atoms with Gasteiger partial charge < -0.3 is 18.8 Å². The molecule has 0 unspecified atom stereocenters. The topological polar surface area (TPSA) is 82.2 Å². The predicted molar refractivity (Wildman–Crippen MR) is 103 cm³/mol. The molecule has 150 valence electrons. The summed E-state index contributed by atoms with van der Waals surface area (Å²) in [6.45, 7) is 7.05. The lowest BCUT2D eigenvalue weighted by atomic mass is 9.99. The van der Waals surface area contributed by atoms with Crippen molar-refractivity contribution in [1.82, 2.24) is 24.2 Å². The summed E-state index contributed by atoms with van der Waals surface area (Å²) >= 11 is 0. The molecule has 1 fully saturated rings. The van der Waals surface area contributed by atoms with Crippen LogP contribution in [0.15, 0.2) is 23.0 Å². The smallest absolute Gasteiger partial charge is 0.250 e. The maximum atomic E-state index is 12.8. The highest BCUT2D eigenvalue weighted by molar-refractivity contribution is 5.76. The number of amides is 1. The standard InChI is InChI=1S/C20H27N5O3/c1-14-4-3-5-19(27)24(14)9-6-18(26)23-12-15(2)25-17(13-23)21-22-20(25)16-7-10-28-11-8-16/h3-5,15-16H,6-13H2,1-2H3/t15-/m0/s1. The van der Waals surface area contributed by atoms with Crippen molar-refractivity contribution in [3.63, 3.8) is 0 Å². The molecule has 0 spiro atoms. The third kappa shape index (κ3) is 3.61. The third-order valence-electron chi connectivity index (χ3n) is 5.81. The summed E-state index contributed by atoms with van der Waals surface area (Å²) in [5.74, 6) is 2.31. The van der Waals surface area contributed by atoms with E-state index >= 15 is 0 Å². The second-order valence-electron chi connectivity index (χ2n) is 7.76. The Labute approximate surface area is 164 Å². The summed E-state index contributed by atoms with van der Waals surface area (Å²) in [5, 5.41) is 8.84. The molecule has 8 heteroatoms. The lowest BCUT2D eigenvalue weighted by molar-refractivity contribution is -0.133. The quantitative estimate of drug-likeness (QED) is 0.799. The molecule has 0 radical (unpaired) electrons. The first-order chi connectivity index (χ1) is 13.5. The van der Waals surface area contributed by atoms with Crippen LogP contribution in [-0.4, -0.2) is 49.9 Å². The number of pyridine rings is 1. The number of carbonyl (C=O) groups excluding carboxylic acids is 1. The number of hydrogen-bond acceptors (Lipinski definition) is 5. The van der Waals surface area contributed by atoms with Crippen LogP contribution in [0.25, 0.3) is 0 Å². The first kappa shape index (κ1) is 18.9. The SMILES string of the molecule is Cc1cccc(=O)n1CCC(=O)N1Cc2nnc(C3CCOCC3)n2[C@@H](C)C1. The third-order valence-corrected chi connectivity index (χ3v) is 5.81. The van der Waals surface area contributed by atoms with E-state index in [9.17, 15) is 9.59 Å². The van der Waals surface area contributed by atoms with Crippen LogP contribution in [0.1, 0.15) is 55.5 Å². The highest BCUT2D eigenvalue weighted by Gasteiger charge is 2.32. The van der Waals surface area contributed by atoms with Gasteiger partial charge in [-0.2, -0.15) is 0 Å². The number of hydrogen-bond donors (Lipinski definition) is 0. The van der Waals surface area contributed by atoms with Crippen LogP contribution in [0.2, 0.25) is 0 Å². The van der Waals surface area contributed by atoms with Gasteiger partial charge >= 0.3 is 0 Å². The molecule has 0 aliphatic carbocycles. The molecule has 8 nitrogen and oxygen atoms in total. The molecule has 4 heterocycles. The monoisotopic (exact) mass is 385 g/mol. The van der Waals surface area contributed by atoms with Crippen molar-refractivity contribution in [2.45, 2.75) is 58.2 Å². The molecule has 2 aliphatic rings. The predicted octanol–water partition coefficient (Wildman–Crippen LogP) is 1.64. The first-order valence-corrected chi connectivity index (χ1v) is 10.00. The molecule has 0 bridgehead atoms. The van der Waals surface area contributed by atoms with Gasteiger partial charge in [-0.25, -0.2) is 0 Å². The van der Waals surface area contributed by atoms with Crippen molar-refractivity contribution in [3.05, 3.63) is 45.9 Å². The molecular formula is C20H27N5O3. The van der Waals surface area contributed by atoms with E-state index in [1.807, 2.05) is 17.9 Å². The Balaban J connectivity index is 1.45. The number of carbonyl (C=O) groups is 1. The van der Waals surface area contributed by atoms with Crippen molar-refractivity contribution in [3.8, 4) is 0 Å². The fourth-order valence-corrected chi connectivity index (χ4v) is 4.26. The van der Waals surface area contributed by atoms with Crippen LogP contribution < -0.4 is 5.56 Å². The Kier molecular flexibility index (Phi) is 5.30. The molecule has 0 aromatic carbocycles. The second kappa shape index (κ2) is 7.87. The zero-order chi connectivity index (χ0) is 19.7. The van der Waals surface area contributed by atoms with E-state index in [1.165, 1.54) is 6.07 Å². The lowest BCUT2D eigenvalue weighted by Crippen LogP contribution is -2.41. The first-order valence-electron chi connectivity index (χ1n) is 10.00. The maximum Gasteiger partial charge on any atom is 0.250 e. The maximum absolute atomic E-state index is 12.8. The van der Waals surface area contributed by atoms with E-state index in [1.54, 1.807) is 10.6 Å². The van der Waals surface area contributed by atoms with Crippen molar-refractivity contribution in [1.29, 1.82) is 0 Å². The fraction of sp³-hybridized carbons (Fsp3) is 0.600. The molecule has 2 aromatic rings. The highest BCUT2D eigenvalue weighted by atomic mass is 16.5. The number of rotatable bonds is 4. The van der Waals surface area contributed by atoms with Gasteiger partial charge in [-0.15, -0.1) is 10.2 Å². The molecule has 28 heavy (non-hydrogen) atoms. The van der Waals surface area contributed by atoms with Gasteiger partial charge in [-0.1, -0.05) is 6.07 Å². The molecule has 1 saturated heterocycles. The molecular weight excluding hydrogens is 358 g/mol. The molecule has 1 atom stereocenters. The van der Waals surface area contributed by atoms with Crippen LogP contribution >= 0.6 is 0 Å². The molecule has 1 amide bonds.